The minimum absolute atomic E-state index is 0.0308. The number of aromatic nitrogens is 3. The molecule has 3 heterocycles. The number of ether oxygens (including phenoxy) is 2. The molecule has 1 aliphatic carbocycles. The van der Waals surface area contributed by atoms with Crippen molar-refractivity contribution in [1.29, 1.82) is 0 Å². The number of methoxy groups -OCH3 is 1. The monoisotopic (exact) mass is 503 g/mol. The van der Waals surface area contributed by atoms with Gasteiger partial charge in [0.25, 0.3) is 5.91 Å². The second-order valence-electron chi connectivity index (χ2n) is 8.83. The fraction of sp³-hybridized carbons (Fsp3) is 0.346. The molecule has 0 unspecified atom stereocenters. The highest BCUT2D eigenvalue weighted by Crippen LogP contribution is 2.38. The minimum atomic E-state index is -0.313. The zero-order valence-corrected chi connectivity index (χ0v) is 20.8. The van der Waals surface area contributed by atoms with E-state index in [1.807, 2.05) is 18.2 Å². The van der Waals surface area contributed by atoms with Gasteiger partial charge in [0, 0.05) is 38.3 Å². The summed E-state index contributed by atoms with van der Waals surface area (Å²) in [5.41, 5.74) is 3.04. The highest BCUT2D eigenvalue weighted by molar-refractivity contribution is 6.01. The summed E-state index contributed by atoms with van der Waals surface area (Å²) in [5.74, 6) is 1.05. The predicted octanol–water partition coefficient (Wildman–Crippen LogP) is 2.84. The Hall–Kier alpha value is -4.25. The Balaban J connectivity index is 1.44. The van der Waals surface area contributed by atoms with Gasteiger partial charge in [-0.15, -0.1) is 0 Å². The van der Waals surface area contributed by atoms with Crippen molar-refractivity contribution in [2.24, 2.45) is 5.92 Å². The van der Waals surface area contributed by atoms with Crippen molar-refractivity contribution in [2.45, 2.75) is 12.8 Å². The van der Waals surface area contributed by atoms with Crippen LogP contribution in [0.15, 0.2) is 42.9 Å². The molecule has 3 N–H and O–H groups in total. The third-order valence-electron chi connectivity index (χ3n) is 6.32. The SMILES string of the molecule is CNC(=O)c1cnc(NC(=O)C2CC2)cc1Nc1cccc(-c2ncc(N3CCOCC3)cn2)c1OC. The van der Waals surface area contributed by atoms with Gasteiger partial charge >= 0.3 is 0 Å². The first-order valence-corrected chi connectivity index (χ1v) is 12.2. The van der Waals surface area contributed by atoms with E-state index in [-0.39, 0.29) is 17.7 Å². The average molecular weight is 504 g/mol. The Morgan fingerprint density at radius 2 is 1.81 bits per heavy atom. The van der Waals surface area contributed by atoms with Crippen molar-refractivity contribution in [3.05, 3.63) is 48.4 Å². The van der Waals surface area contributed by atoms with Crippen LogP contribution in [0.5, 0.6) is 5.75 Å². The smallest absolute Gasteiger partial charge is 0.254 e. The van der Waals surface area contributed by atoms with E-state index in [1.54, 1.807) is 32.6 Å². The maximum absolute atomic E-state index is 12.5. The average Bonchev–Trinajstić information content (AvgIpc) is 3.79. The van der Waals surface area contributed by atoms with E-state index >= 15 is 0 Å². The Morgan fingerprint density at radius 3 is 2.49 bits per heavy atom. The van der Waals surface area contributed by atoms with Crippen LogP contribution in [-0.4, -0.2) is 67.2 Å². The molecular formula is C26H29N7O4. The molecule has 2 aliphatic rings. The van der Waals surface area contributed by atoms with E-state index < -0.39 is 0 Å². The molecule has 2 fully saturated rings. The molecule has 3 aromatic rings. The molecule has 0 radical (unpaired) electrons. The second kappa shape index (κ2) is 10.8. The third-order valence-corrected chi connectivity index (χ3v) is 6.32. The van der Waals surface area contributed by atoms with Gasteiger partial charge in [-0.25, -0.2) is 15.0 Å². The summed E-state index contributed by atoms with van der Waals surface area (Å²) < 4.78 is 11.2. The first-order valence-electron chi connectivity index (χ1n) is 12.2. The topological polar surface area (TPSA) is 131 Å². The van der Waals surface area contributed by atoms with Gasteiger partial charge in [-0.2, -0.15) is 0 Å². The third kappa shape index (κ3) is 5.46. The van der Waals surface area contributed by atoms with E-state index in [4.69, 9.17) is 9.47 Å². The lowest BCUT2D eigenvalue weighted by Gasteiger charge is -2.28. The molecule has 2 aromatic heterocycles. The van der Waals surface area contributed by atoms with Crippen molar-refractivity contribution in [1.82, 2.24) is 20.3 Å². The molecule has 0 spiro atoms. The molecular weight excluding hydrogens is 474 g/mol. The van der Waals surface area contributed by atoms with Gasteiger partial charge in [0.2, 0.25) is 5.91 Å². The zero-order valence-electron chi connectivity index (χ0n) is 20.8. The Bertz CT molecular complexity index is 1290. The molecule has 0 atom stereocenters. The van der Waals surface area contributed by atoms with E-state index in [1.165, 1.54) is 6.20 Å². The molecule has 192 valence electrons. The molecule has 1 saturated heterocycles. The summed E-state index contributed by atoms with van der Waals surface area (Å²) in [6, 6.07) is 7.21. The molecule has 11 heteroatoms. The number of morpholine rings is 1. The van der Waals surface area contributed by atoms with Crippen molar-refractivity contribution >= 4 is 34.7 Å². The fourth-order valence-corrected chi connectivity index (χ4v) is 4.14. The Morgan fingerprint density at radius 1 is 1.05 bits per heavy atom. The summed E-state index contributed by atoms with van der Waals surface area (Å²) in [6.07, 6.45) is 6.80. The van der Waals surface area contributed by atoms with E-state index in [0.717, 1.165) is 31.6 Å². The highest BCUT2D eigenvalue weighted by Gasteiger charge is 2.30. The molecule has 5 rings (SSSR count). The highest BCUT2D eigenvalue weighted by atomic mass is 16.5. The zero-order chi connectivity index (χ0) is 25.8. The van der Waals surface area contributed by atoms with E-state index in [9.17, 15) is 9.59 Å². The van der Waals surface area contributed by atoms with Crippen LogP contribution in [0.1, 0.15) is 23.2 Å². The molecule has 1 saturated carbocycles. The number of carbonyl (C=O) groups is 2. The lowest BCUT2D eigenvalue weighted by atomic mass is 10.1. The number of pyridine rings is 1. The van der Waals surface area contributed by atoms with Crippen LogP contribution in [-0.2, 0) is 9.53 Å². The summed E-state index contributed by atoms with van der Waals surface area (Å²) in [5, 5.41) is 8.74. The van der Waals surface area contributed by atoms with Crippen LogP contribution >= 0.6 is 0 Å². The molecule has 11 nitrogen and oxygen atoms in total. The van der Waals surface area contributed by atoms with Crippen LogP contribution in [0, 0.1) is 5.92 Å². The van der Waals surface area contributed by atoms with Crippen LogP contribution in [0.3, 0.4) is 0 Å². The number of nitrogens with one attached hydrogen (secondary N) is 3. The van der Waals surface area contributed by atoms with Gasteiger partial charge in [-0.1, -0.05) is 6.07 Å². The summed E-state index contributed by atoms with van der Waals surface area (Å²) in [4.78, 5) is 40.4. The van der Waals surface area contributed by atoms with Gasteiger partial charge in [0.1, 0.15) is 5.82 Å². The number of hydrogen-bond acceptors (Lipinski definition) is 9. The maximum atomic E-state index is 12.5. The van der Waals surface area contributed by atoms with E-state index in [0.29, 0.717) is 53.1 Å². The lowest BCUT2D eigenvalue weighted by molar-refractivity contribution is -0.117. The number of para-hydroxylation sites is 1. The number of benzene rings is 1. The molecule has 37 heavy (non-hydrogen) atoms. The van der Waals surface area contributed by atoms with Gasteiger partial charge in [-0.3, -0.25) is 9.59 Å². The van der Waals surface area contributed by atoms with Crippen molar-refractivity contribution in [2.75, 3.05) is 56.0 Å². The number of nitrogens with zero attached hydrogens (tertiary/aromatic N) is 4. The Labute approximate surface area is 214 Å². The number of rotatable bonds is 8. The van der Waals surface area contributed by atoms with Crippen molar-refractivity contribution in [3.63, 3.8) is 0 Å². The standard InChI is InChI=1S/C26H29N7O4/c1-27-26(35)19-15-28-22(32-25(34)16-6-7-16)12-21(19)31-20-5-3-4-18(23(20)36-2)24-29-13-17(14-30-24)33-8-10-37-11-9-33/h3-5,12-16H,6-11H2,1-2H3,(H,27,35)(H2,28,31,32,34). The minimum Gasteiger partial charge on any atom is -0.494 e. The largest absolute Gasteiger partial charge is 0.494 e. The predicted molar refractivity (Wildman–Crippen MR) is 139 cm³/mol. The number of anilines is 4. The fourth-order valence-electron chi connectivity index (χ4n) is 4.14. The Kier molecular flexibility index (Phi) is 7.13. The lowest BCUT2D eigenvalue weighted by Crippen LogP contribution is -2.36. The summed E-state index contributed by atoms with van der Waals surface area (Å²) in [6.45, 7) is 2.97. The van der Waals surface area contributed by atoms with Gasteiger partial charge in [0.05, 0.1) is 60.9 Å². The first-order chi connectivity index (χ1) is 18.1. The normalized spacial score (nSPS) is 15.1. The molecule has 1 aromatic carbocycles. The second-order valence-corrected chi connectivity index (χ2v) is 8.83. The van der Waals surface area contributed by atoms with Gasteiger partial charge in [-0.05, 0) is 25.0 Å². The van der Waals surface area contributed by atoms with Crippen molar-refractivity contribution in [3.8, 4) is 17.1 Å². The van der Waals surface area contributed by atoms with Gasteiger partial charge < -0.3 is 30.3 Å². The van der Waals surface area contributed by atoms with Crippen LogP contribution < -0.4 is 25.6 Å². The number of amides is 2. The quantitative estimate of drug-likeness (QED) is 0.425. The number of carbonyl (C=O) groups excluding carboxylic acids is 2. The van der Waals surface area contributed by atoms with Crippen LogP contribution in [0.2, 0.25) is 0 Å². The van der Waals surface area contributed by atoms with Crippen LogP contribution in [0.25, 0.3) is 11.4 Å². The summed E-state index contributed by atoms with van der Waals surface area (Å²) >= 11 is 0. The maximum Gasteiger partial charge on any atom is 0.254 e. The van der Waals surface area contributed by atoms with E-state index in [2.05, 4.69) is 35.8 Å². The first kappa shape index (κ1) is 24.4. The molecule has 1 aliphatic heterocycles. The molecule has 2 amide bonds. The van der Waals surface area contributed by atoms with Crippen molar-refractivity contribution < 1.29 is 19.1 Å². The van der Waals surface area contributed by atoms with Crippen LogP contribution in [0.4, 0.5) is 22.9 Å². The van der Waals surface area contributed by atoms with Gasteiger partial charge in [0.15, 0.2) is 11.6 Å². The number of hydrogen-bond donors (Lipinski definition) is 3. The molecule has 0 bridgehead atoms. The summed E-state index contributed by atoms with van der Waals surface area (Å²) in [7, 11) is 3.12.